The Labute approximate surface area is 394 Å². The maximum atomic E-state index is 14.4. The lowest BCUT2D eigenvalue weighted by Gasteiger charge is -2.35. The maximum absolute atomic E-state index is 14.4. The Kier molecular flexibility index (Phi) is 16.4. The van der Waals surface area contributed by atoms with Crippen molar-refractivity contribution in [1.82, 2.24) is 35.1 Å². The first-order valence-electron chi connectivity index (χ1n) is 23.2. The number of hydrogen-bond acceptors (Lipinski definition) is 10. The van der Waals surface area contributed by atoms with Crippen molar-refractivity contribution in [3.8, 4) is 28.5 Å². The number of fused-ring (bicyclic) bond motifs is 1. The van der Waals surface area contributed by atoms with Crippen LogP contribution in [0.4, 0.5) is 0 Å². The number of nitrogens with one attached hydrogen (secondary N) is 2. The van der Waals surface area contributed by atoms with Crippen molar-refractivity contribution in [2.24, 2.45) is 17.3 Å². The second-order valence-corrected chi connectivity index (χ2v) is 18.9. The predicted octanol–water partition coefficient (Wildman–Crippen LogP) is 6.40. The fourth-order valence-corrected chi connectivity index (χ4v) is 9.48. The molecule has 2 aromatic heterocycles. The number of likely N-dealkylation sites (tertiary alicyclic amines) is 1. The van der Waals surface area contributed by atoms with E-state index in [4.69, 9.17) is 14.5 Å². The summed E-state index contributed by atoms with van der Waals surface area (Å²) in [5, 5.41) is 15.8. The number of amides is 4. The van der Waals surface area contributed by atoms with Gasteiger partial charge in [0, 0.05) is 81.8 Å². The molecule has 67 heavy (non-hydrogen) atoms. The summed E-state index contributed by atoms with van der Waals surface area (Å²) in [5.74, 6) is -2.25. The van der Waals surface area contributed by atoms with Gasteiger partial charge in [-0.25, -0.2) is 5.43 Å². The molecule has 0 saturated carbocycles. The first-order chi connectivity index (χ1) is 32.0. The Bertz CT molecular complexity index is 2520. The largest absolute Gasteiger partial charge is 0.465 e. The fraction of sp³-hybridized carbons (Fsp3) is 0.481. The number of pyridine rings is 1. The molecule has 15 heteroatoms. The lowest BCUT2D eigenvalue weighted by atomic mass is 9.84. The lowest BCUT2D eigenvalue weighted by molar-refractivity contribution is -0.146. The molecule has 6 rings (SSSR count). The monoisotopic (exact) mass is 915 g/mol. The summed E-state index contributed by atoms with van der Waals surface area (Å²) in [5.41, 5.74) is 9.55. The van der Waals surface area contributed by atoms with Gasteiger partial charge in [0.1, 0.15) is 18.6 Å². The van der Waals surface area contributed by atoms with Crippen molar-refractivity contribution < 1.29 is 33.4 Å². The van der Waals surface area contributed by atoms with Gasteiger partial charge in [-0.3, -0.25) is 34.0 Å². The van der Waals surface area contributed by atoms with Crippen LogP contribution in [-0.4, -0.2) is 113 Å². The summed E-state index contributed by atoms with van der Waals surface area (Å²) < 4.78 is 13.3. The molecule has 4 aromatic rings. The number of methoxy groups -OCH3 is 1. The van der Waals surface area contributed by atoms with Gasteiger partial charge in [0.25, 0.3) is 5.91 Å². The topological polar surface area (TPSA) is 179 Å². The molecule has 4 atom stereocenters. The van der Waals surface area contributed by atoms with E-state index in [0.29, 0.717) is 32.5 Å². The highest BCUT2D eigenvalue weighted by molar-refractivity contribution is 5.96. The molecule has 0 unspecified atom stereocenters. The molecule has 0 aliphatic carbocycles. The van der Waals surface area contributed by atoms with Crippen LogP contribution in [0.1, 0.15) is 83.7 Å². The Hall–Kier alpha value is -6.37. The minimum Gasteiger partial charge on any atom is -0.465 e. The van der Waals surface area contributed by atoms with E-state index in [-0.39, 0.29) is 61.8 Å². The predicted molar refractivity (Wildman–Crippen MR) is 257 cm³/mol. The van der Waals surface area contributed by atoms with Gasteiger partial charge < -0.3 is 29.2 Å². The van der Waals surface area contributed by atoms with Crippen LogP contribution in [0.3, 0.4) is 0 Å². The number of aromatic nitrogens is 2. The van der Waals surface area contributed by atoms with E-state index in [2.05, 4.69) is 43.3 Å². The van der Waals surface area contributed by atoms with Gasteiger partial charge in [-0.05, 0) is 91.1 Å². The molecule has 0 bridgehead atoms. The van der Waals surface area contributed by atoms with Crippen molar-refractivity contribution in [3.05, 3.63) is 90.3 Å². The fourth-order valence-electron chi connectivity index (χ4n) is 9.48. The van der Waals surface area contributed by atoms with Crippen molar-refractivity contribution in [2.45, 2.75) is 98.4 Å². The van der Waals surface area contributed by atoms with Crippen molar-refractivity contribution in [3.63, 3.8) is 0 Å². The van der Waals surface area contributed by atoms with Crippen molar-refractivity contribution in [1.29, 1.82) is 5.26 Å². The number of nitriles is 1. The van der Waals surface area contributed by atoms with Crippen LogP contribution >= 0.6 is 0 Å². The van der Waals surface area contributed by atoms with Crippen LogP contribution in [0, 0.1) is 28.6 Å². The molecule has 2 aliphatic rings. The van der Waals surface area contributed by atoms with Gasteiger partial charge in [-0.2, -0.15) is 5.26 Å². The van der Waals surface area contributed by atoms with E-state index in [1.165, 1.54) is 17.9 Å². The third-order valence-corrected chi connectivity index (χ3v) is 12.9. The molecule has 2 aromatic carbocycles. The first-order valence-corrected chi connectivity index (χ1v) is 23.2. The smallest absolute Gasteiger partial charge is 0.302 e. The van der Waals surface area contributed by atoms with Crippen LogP contribution in [-0.2, 0) is 52.8 Å². The molecule has 2 N–H and O–H groups in total. The van der Waals surface area contributed by atoms with Crippen LogP contribution < -0.4 is 10.7 Å². The number of carbonyl (C=O) groups is 5. The molecule has 356 valence electrons. The highest BCUT2D eigenvalue weighted by Crippen LogP contribution is 2.42. The standard InChI is InChI=1S/C52H66N8O7/c1-10-45(62)58-25-20-39(31-58)50(64)57(8)47(33(2)3)49(63)56-43(51(65)60-24-12-11-23-55-60)28-36-15-13-16-37(27-36)38-18-19-44-41(29-38)42(30-52(6,7)32-67-35(5)61)48(59(44)26-21-53)40-17-14-22-54-46(40)34(4)66-9/h10,13-19,22,27,29,33-34,39,43,47,55H,1,11-12,20,23-26,28,30-32H2,2-9H3,(H,56,63)/t34-,39-,43-,47-/m0/s1. The number of ether oxygens (including phenoxy) is 2. The molecule has 2 fully saturated rings. The number of benzene rings is 2. The molecule has 2 saturated heterocycles. The number of hydrogen-bond donors (Lipinski definition) is 2. The van der Waals surface area contributed by atoms with Gasteiger partial charge >= 0.3 is 5.97 Å². The second kappa shape index (κ2) is 22.0. The average molecular weight is 915 g/mol. The number of rotatable bonds is 18. The van der Waals surface area contributed by atoms with E-state index in [0.717, 1.165) is 62.9 Å². The van der Waals surface area contributed by atoms with E-state index in [1.807, 2.05) is 73.9 Å². The normalized spacial score (nSPS) is 16.6. The van der Waals surface area contributed by atoms with Crippen LogP contribution in [0.2, 0.25) is 0 Å². The molecule has 15 nitrogen and oxygen atoms in total. The number of likely N-dealkylation sites (N-methyl/N-ethyl adjacent to an activating group) is 1. The third-order valence-electron chi connectivity index (χ3n) is 12.9. The Morgan fingerprint density at radius 1 is 1.06 bits per heavy atom. The van der Waals surface area contributed by atoms with E-state index < -0.39 is 29.3 Å². The summed E-state index contributed by atoms with van der Waals surface area (Å²) in [7, 11) is 3.26. The van der Waals surface area contributed by atoms with Gasteiger partial charge in [0.2, 0.25) is 17.7 Å². The molecular formula is C52H66N8O7. The summed E-state index contributed by atoms with van der Waals surface area (Å²) in [6.07, 6.45) is 5.56. The minimum atomic E-state index is -0.954. The molecule has 4 heterocycles. The summed E-state index contributed by atoms with van der Waals surface area (Å²) in [6, 6.07) is 18.5. The summed E-state index contributed by atoms with van der Waals surface area (Å²) in [6.45, 7) is 16.8. The van der Waals surface area contributed by atoms with Gasteiger partial charge in [0.05, 0.1) is 36.1 Å². The number of carbonyl (C=O) groups excluding carboxylic acids is 5. The SMILES string of the molecule is C=CC(=O)N1CC[C@H](C(=O)N(C)[C@H](C(=O)N[C@@H](Cc2cccc(-c3ccc4c(c3)c(CC(C)(C)COC(C)=O)c(-c3cccnc3[C@H](C)OC)n4CC#N)c2)C(=O)N2CCCCN2)C(C)C)C1. The number of esters is 1. The quantitative estimate of drug-likeness (QED) is 0.0838. The Balaban J connectivity index is 1.37. The van der Waals surface area contributed by atoms with Gasteiger partial charge in [0.15, 0.2) is 0 Å². The molecule has 0 spiro atoms. The minimum absolute atomic E-state index is 0.0747. The van der Waals surface area contributed by atoms with Crippen LogP contribution in [0.5, 0.6) is 0 Å². The van der Waals surface area contributed by atoms with Crippen LogP contribution in [0.25, 0.3) is 33.3 Å². The van der Waals surface area contributed by atoms with Crippen LogP contribution in [0.15, 0.2) is 73.4 Å². The zero-order chi connectivity index (χ0) is 48.6. The zero-order valence-corrected chi connectivity index (χ0v) is 40.3. The third kappa shape index (κ3) is 11.6. The zero-order valence-electron chi connectivity index (χ0n) is 40.3. The van der Waals surface area contributed by atoms with E-state index in [9.17, 15) is 29.2 Å². The highest BCUT2D eigenvalue weighted by atomic mass is 16.5. The van der Waals surface area contributed by atoms with Gasteiger partial charge in [-0.15, -0.1) is 0 Å². The second-order valence-electron chi connectivity index (χ2n) is 18.9. The Morgan fingerprint density at radius 3 is 2.49 bits per heavy atom. The molecular weight excluding hydrogens is 849 g/mol. The maximum Gasteiger partial charge on any atom is 0.302 e. The van der Waals surface area contributed by atoms with E-state index in [1.54, 1.807) is 30.3 Å². The summed E-state index contributed by atoms with van der Waals surface area (Å²) in [4.78, 5) is 74.7. The highest BCUT2D eigenvalue weighted by Gasteiger charge is 2.39. The average Bonchev–Trinajstić information content (AvgIpc) is 3.93. The molecule has 4 amide bonds. The van der Waals surface area contributed by atoms with Crippen molar-refractivity contribution >= 4 is 40.5 Å². The number of hydrazine groups is 1. The molecule has 2 aliphatic heterocycles. The Morgan fingerprint density at radius 2 is 1.82 bits per heavy atom. The van der Waals surface area contributed by atoms with E-state index >= 15 is 0 Å². The molecule has 0 radical (unpaired) electrons. The summed E-state index contributed by atoms with van der Waals surface area (Å²) >= 11 is 0. The lowest BCUT2D eigenvalue weighted by Crippen LogP contribution is -2.59. The number of nitrogens with zero attached hydrogens (tertiary/aromatic N) is 6. The van der Waals surface area contributed by atoms with Crippen molar-refractivity contribution in [2.75, 3.05) is 46.9 Å². The van der Waals surface area contributed by atoms with Gasteiger partial charge in [-0.1, -0.05) is 64.6 Å². The first kappa shape index (κ1) is 50.1.